The van der Waals surface area contributed by atoms with Crippen LogP contribution in [-0.4, -0.2) is 56.2 Å². The van der Waals surface area contributed by atoms with Crippen LogP contribution >= 0.6 is 0 Å². The van der Waals surface area contributed by atoms with Crippen molar-refractivity contribution in [1.29, 1.82) is 5.26 Å². The zero-order valence-electron chi connectivity index (χ0n) is 18.2. The first-order valence-electron chi connectivity index (χ1n) is 11.7. The van der Waals surface area contributed by atoms with Crippen molar-refractivity contribution in [3.8, 4) is 6.07 Å². The molecule has 5 aliphatic rings. The highest BCUT2D eigenvalue weighted by molar-refractivity contribution is 7.89. The lowest BCUT2D eigenvalue weighted by atomic mass is 9.47. The van der Waals surface area contributed by atoms with Gasteiger partial charge in [0.15, 0.2) is 0 Å². The Morgan fingerprint density at radius 1 is 1.23 bits per heavy atom. The fourth-order valence-electron chi connectivity index (χ4n) is 7.10. The molecule has 7 nitrogen and oxygen atoms in total. The Balaban J connectivity index is 1.40. The highest BCUT2D eigenvalue weighted by Crippen LogP contribution is 2.61. The Kier molecular flexibility index (Phi) is 6.17. The molecule has 4 saturated carbocycles. The maximum atomic E-state index is 12.8. The molecule has 2 unspecified atom stereocenters. The lowest BCUT2D eigenvalue weighted by Gasteiger charge is -2.62. The van der Waals surface area contributed by atoms with Gasteiger partial charge in [0.25, 0.3) is 0 Å². The number of nitrogens with zero attached hydrogens (tertiary/aromatic N) is 2. The van der Waals surface area contributed by atoms with E-state index in [1.54, 1.807) is 4.90 Å². The van der Waals surface area contributed by atoms with Gasteiger partial charge in [-0.25, -0.2) is 13.1 Å². The van der Waals surface area contributed by atoms with Crippen molar-refractivity contribution in [2.24, 2.45) is 17.3 Å². The van der Waals surface area contributed by atoms with E-state index >= 15 is 0 Å². The Hall–Kier alpha value is -1.17. The van der Waals surface area contributed by atoms with E-state index in [1.807, 2.05) is 6.92 Å². The van der Waals surface area contributed by atoms with Crippen molar-refractivity contribution in [2.45, 2.75) is 82.7 Å². The Labute approximate surface area is 181 Å². The normalized spacial score (nSPS) is 37.5. The van der Waals surface area contributed by atoms with Crippen molar-refractivity contribution in [1.82, 2.24) is 14.9 Å². The van der Waals surface area contributed by atoms with E-state index in [-0.39, 0.29) is 35.2 Å². The van der Waals surface area contributed by atoms with Crippen LogP contribution in [-0.2, 0) is 14.8 Å². The largest absolute Gasteiger partial charge is 0.326 e. The number of sulfonamides is 1. The van der Waals surface area contributed by atoms with Crippen LogP contribution in [0.15, 0.2) is 0 Å². The third kappa shape index (κ3) is 4.53. The van der Waals surface area contributed by atoms with Gasteiger partial charge in [-0.05, 0) is 75.0 Å². The molecule has 1 aliphatic heterocycles. The number of nitrogens with one attached hydrogen (secondary N) is 2. The van der Waals surface area contributed by atoms with Crippen LogP contribution in [0.25, 0.3) is 0 Å². The van der Waals surface area contributed by atoms with E-state index in [4.69, 9.17) is 0 Å². The standard InChI is InChI=1S/C22H36N4O3S/c1-2-3-7-30(28,29)25-16-21-9-17-8-18(10-21)12-22(11-17,15-21)24-14-20(27)26-6-4-5-19(26)13-23/h17-19,24-25H,2-12,14-16H2,1H3/t17?,18?,19-,21?,22?/m0/s1. The van der Waals surface area contributed by atoms with Gasteiger partial charge >= 0.3 is 0 Å². The number of rotatable bonds is 9. The first-order valence-corrected chi connectivity index (χ1v) is 13.3. The molecule has 0 radical (unpaired) electrons. The summed E-state index contributed by atoms with van der Waals surface area (Å²) in [4.78, 5) is 14.5. The number of hydrogen-bond donors (Lipinski definition) is 2. The highest BCUT2D eigenvalue weighted by atomic mass is 32.2. The molecular weight excluding hydrogens is 400 g/mol. The zero-order valence-corrected chi connectivity index (χ0v) is 19.0. The molecule has 1 saturated heterocycles. The number of hydrogen-bond acceptors (Lipinski definition) is 5. The predicted octanol–water partition coefficient (Wildman–Crippen LogP) is 2.15. The first-order chi connectivity index (χ1) is 14.3. The number of carbonyl (C=O) groups is 1. The highest BCUT2D eigenvalue weighted by Gasteiger charge is 2.57. The van der Waals surface area contributed by atoms with E-state index in [1.165, 1.54) is 6.42 Å². The molecule has 8 heteroatoms. The lowest BCUT2D eigenvalue weighted by Crippen LogP contribution is -2.65. The summed E-state index contributed by atoms with van der Waals surface area (Å²) in [6, 6.07) is 1.97. The molecule has 5 fully saturated rings. The van der Waals surface area contributed by atoms with Gasteiger partial charge in [0, 0.05) is 18.6 Å². The molecule has 0 aromatic carbocycles. The quantitative estimate of drug-likeness (QED) is 0.577. The summed E-state index contributed by atoms with van der Waals surface area (Å²) in [6.07, 6.45) is 9.80. The number of amides is 1. The fraction of sp³-hybridized carbons (Fsp3) is 0.909. The van der Waals surface area contributed by atoms with Gasteiger partial charge in [0.05, 0.1) is 18.4 Å². The summed E-state index contributed by atoms with van der Waals surface area (Å²) < 4.78 is 27.7. The van der Waals surface area contributed by atoms with E-state index in [9.17, 15) is 18.5 Å². The van der Waals surface area contributed by atoms with Crippen molar-refractivity contribution in [2.75, 3.05) is 25.4 Å². The molecule has 30 heavy (non-hydrogen) atoms. The molecule has 168 valence electrons. The van der Waals surface area contributed by atoms with Crippen LogP contribution in [0, 0.1) is 28.6 Å². The predicted molar refractivity (Wildman–Crippen MR) is 115 cm³/mol. The molecule has 0 aromatic rings. The van der Waals surface area contributed by atoms with Crippen LogP contribution in [0.1, 0.15) is 71.1 Å². The summed E-state index contributed by atoms with van der Waals surface area (Å²) in [5, 5.41) is 12.9. The Bertz CT molecular complexity index is 792. The number of likely N-dealkylation sites (tertiary alicyclic amines) is 1. The fourth-order valence-corrected chi connectivity index (χ4v) is 8.44. The molecule has 5 rings (SSSR count). The van der Waals surface area contributed by atoms with Crippen molar-refractivity contribution in [3.63, 3.8) is 0 Å². The third-order valence-corrected chi connectivity index (χ3v) is 9.36. The average molecular weight is 437 g/mol. The van der Waals surface area contributed by atoms with E-state index in [0.29, 0.717) is 31.3 Å². The summed E-state index contributed by atoms with van der Waals surface area (Å²) >= 11 is 0. The number of nitriles is 1. The van der Waals surface area contributed by atoms with Gasteiger partial charge in [-0.15, -0.1) is 0 Å². The summed E-state index contributed by atoms with van der Waals surface area (Å²) in [6.45, 7) is 3.51. The second kappa shape index (κ2) is 8.40. The molecule has 0 spiro atoms. The number of unbranched alkanes of at least 4 members (excludes halogenated alkanes) is 1. The maximum absolute atomic E-state index is 12.8. The zero-order chi connectivity index (χ0) is 21.4. The van der Waals surface area contributed by atoms with Crippen LogP contribution in [0.4, 0.5) is 0 Å². The topological polar surface area (TPSA) is 102 Å². The van der Waals surface area contributed by atoms with Crippen LogP contribution in [0.2, 0.25) is 0 Å². The van der Waals surface area contributed by atoms with Crippen molar-refractivity contribution < 1.29 is 13.2 Å². The van der Waals surface area contributed by atoms with Crippen molar-refractivity contribution >= 4 is 15.9 Å². The summed E-state index contributed by atoms with van der Waals surface area (Å²) in [5.41, 5.74) is -0.0429. The van der Waals surface area contributed by atoms with Gasteiger partial charge < -0.3 is 10.2 Å². The monoisotopic (exact) mass is 436 g/mol. The molecule has 4 aliphatic carbocycles. The average Bonchev–Trinajstić information content (AvgIpc) is 3.17. The SMILES string of the molecule is CCCCS(=O)(=O)NCC12CC3CC(C1)CC(NCC(=O)N1CCC[C@H]1C#N)(C3)C2. The minimum Gasteiger partial charge on any atom is -0.326 e. The summed E-state index contributed by atoms with van der Waals surface area (Å²) in [5.74, 6) is 1.48. The third-order valence-electron chi connectivity index (χ3n) is 7.95. The summed E-state index contributed by atoms with van der Waals surface area (Å²) in [7, 11) is -3.21. The second-order valence-electron chi connectivity index (χ2n) is 10.5. The van der Waals surface area contributed by atoms with E-state index < -0.39 is 10.0 Å². The Morgan fingerprint density at radius 2 is 1.97 bits per heavy atom. The van der Waals surface area contributed by atoms with E-state index in [0.717, 1.165) is 51.4 Å². The second-order valence-corrected chi connectivity index (χ2v) is 12.4. The van der Waals surface area contributed by atoms with Gasteiger partial charge in [-0.1, -0.05) is 13.3 Å². The molecule has 2 N–H and O–H groups in total. The Morgan fingerprint density at radius 3 is 2.63 bits per heavy atom. The van der Waals surface area contributed by atoms with Crippen LogP contribution < -0.4 is 10.0 Å². The first kappa shape index (κ1) is 22.0. The molecule has 0 aromatic heterocycles. The maximum Gasteiger partial charge on any atom is 0.237 e. The molecule has 1 amide bonds. The van der Waals surface area contributed by atoms with Crippen LogP contribution in [0.3, 0.4) is 0 Å². The van der Waals surface area contributed by atoms with Gasteiger partial charge in [0.1, 0.15) is 6.04 Å². The van der Waals surface area contributed by atoms with Crippen molar-refractivity contribution in [3.05, 3.63) is 0 Å². The molecule has 3 atom stereocenters. The van der Waals surface area contributed by atoms with Gasteiger partial charge in [0.2, 0.25) is 15.9 Å². The van der Waals surface area contributed by atoms with E-state index in [2.05, 4.69) is 16.1 Å². The smallest absolute Gasteiger partial charge is 0.237 e. The minimum atomic E-state index is -3.21. The van der Waals surface area contributed by atoms with Gasteiger partial charge in [-0.2, -0.15) is 5.26 Å². The molecule has 1 heterocycles. The lowest BCUT2D eigenvalue weighted by molar-refractivity contribution is -0.132. The number of carbonyl (C=O) groups excluding carboxylic acids is 1. The minimum absolute atomic E-state index is 0.0161. The van der Waals surface area contributed by atoms with Crippen LogP contribution in [0.5, 0.6) is 0 Å². The molecule has 4 bridgehead atoms. The van der Waals surface area contributed by atoms with Gasteiger partial charge in [-0.3, -0.25) is 4.79 Å². The molecular formula is C22H36N4O3S.